The maximum absolute atomic E-state index is 13.9. The van der Waals surface area contributed by atoms with Crippen molar-refractivity contribution in [2.75, 3.05) is 5.75 Å². The SMILES string of the molecule is C=C/C=C\C(=C/C)N1C(=O)/C(=C\c2ccc(-c3cccc(Cl)c3Cl)o2)C(=O)N=C1SCC(=O)NC(c1ccccc1)c1ccccc1. The number of nitrogens with zero attached hydrogens (tertiary/aromatic N) is 2. The van der Waals surface area contributed by atoms with Crippen LogP contribution < -0.4 is 5.32 Å². The van der Waals surface area contributed by atoms with Crippen molar-refractivity contribution >= 4 is 63.9 Å². The smallest absolute Gasteiger partial charge is 0.285 e. The zero-order chi connectivity index (χ0) is 33.3. The highest BCUT2D eigenvalue weighted by molar-refractivity contribution is 8.14. The van der Waals surface area contributed by atoms with E-state index in [1.807, 2.05) is 60.7 Å². The van der Waals surface area contributed by atoms with E-state index in [0.29, 0.717) is 27.1 Å². The van der Waals surface area contributed by atoms with Crippen LogP contribution in [0, 0.1) is 0 Å². The maximum atomic E-state index is 13.9. The first-order valence-corrected chi connectivity index (χ1v) is 16.3. The number of nitrogens with one attached hydrogen (secondary N) is 1. The summed E-state index contributed by atoms with van der Waals surface area (Å²) in [5.41, 5.74) is 2.62. The number of hydrogen-bond donors (Lipinski definition) is 1. The third-order valence-corrected chi connectivity index (χ3v) is 8.80. The molecule has 0 atom stereocenters. The average Bonchev–Trinajstić information content (AvgIpc) is 3.56. The van der Waals surface area contributed by atoms with E-state index in [2.05, 4.69) is 16.9 Å². The average molecular weight is 683 g/mol. The third kappa shape index (κ3) is 7.92. The van der Waals surface area contributed by atoms with Gasteiger partial charge in [0.1, 0.15) is 17.1 Å². The molecule has 0 bridgehead atoms. The molecule has 4 aromatic rings. The number of amidine groups is 1. The Kier molecular flexibility index (Phi) is 11.1. The highest BCUT2D eigenvalue weighted by Crippen LogP contribution is 2.35. The number of halogens is 2. The largest absolute Gasteiger partial charge is 0.457 e. The van der Waals surface area contributed by atoms with Crippen LogP contribution in [0.15, 0.2) is 143 Å². The van der Waals surface area contributed by atoms with E-state index in [1.54, 1.807) is 61.6 Å². The van der Waals surface area contributed by atoms with Gasteiger partial charge in [-0.1, -0.05) is 127 Å². The van der Waals surface area contributed by atoms with E-state index in [1.165, 1.54) is 11.0 Å². The molecule has 2 heterocycles. The van der Waals surface area contributed by atoms with E-state index in [9.17, 15) is 14.4 Å². The van der Waals surface area contributed by atoms with E-state index in [0.717, 1.165) is 22.9 Å². The number of carbonyl (C=O) groups is 3. The molecule has 3 aromatic carbocycles. The summed E-state index contributed by atoms with van der Waals surface area (Å²) in [5, 5.41) is 3.83. The lowest BCUT2D eigenvalue weighted by molar-refractivity contribution is -0.126. The molecule has 1 aliphatic heterocycles. The zero-order valence-corrected chi connectivity index (χ0v) is 27.6. The molecule has 0 unspecified atom stereocenters. The van der Waals surface area contributed by atoms with Crippen molar-refractivity contribution < 1.29 is 18.8 Å². The second kappa shape index (κ2) is 15.6. The molecule has 5 rings (SSSR count). The molecule has 0 radical (unpaired) electrons. The van der Waals surface area contributed by atoms with Gasteiger partial charge in [-0.3, -0.25) is 19.3 Å². The van der Waals surface area contributed by atoms with Crippen LogP contribution >= 0.6 is 35.0 Å². The second-order valence-electron chi connectivity index (χ2n) is 10.1. The van der Waals surface area contributed by atoms with Gasteiger partial charge in [0.2, 0.25) is 5.91 Å². The third-order valence-electron chi connectivity index (χ3n) is 7.04. The molecule has 0 fully saturated rings. The Bertz CT molecular complexity index is 1890. The van der Waals surface area contributed by atoms with E-state index >= 15 is 0 Å². The van der Waals surface area contributed by atoms with Gasteiger partial charge in [0.25, 0.3) is 11.8 Å². The second-order valence-corrected chi connectivity index (χ2v) is 11.8. The predicted octanol–water partition coefficient (Wildman–Crippen LogP) is 8.65. The van der Waals surface area contributed by atoms with Crippen LogP contribution in [0.2, 0.25) is 10.0 Å². The lowest BCUT2D eigenvalue weighted by Crippen LogP contribution is -2.42. The topological polar surface area (TPSA) is 92.0 Å². The summed E-state index contributed by atoms with van der Waals surface area (Å²) in [6.07, 6.45) is 7.94. The summed E-state index contributed by atoms with van der Waals surface area (Å²) in [6.45, 7) is 5.46. The van der Waals surface area contributed by atoms with Gasteiger partial charge >= 0.3 is 0 Å². The Labute approximate surface area is 287 Å². The minimum Gasteiger partial charge on any atom is -0.457 e. The van der Waals surface area contributed by atoms with Gasteiger partial charge in [-0.25, -0.2) is 0 Å². The normalized spacial score (nSPS) is 14.6. The lowest BCUT2D eigenvalue weighted by Gasteiger charge is -2.28. The number of aliphatic imine (C=N–C) groups is 1. The first-order chi connectivity index (χ1) is 22.8. The van der Waals surface area contributed by atoms with Crippen molar-refractivity contribution in [3.63, 3.8) is 0 Å². The molecule has 7 nitrogen and oxygen atoms in total. The molecule has 47 heavy (non-hydrogen) atoms. The standard InChI is InChI=1S/C37H29Cl2N3O4S/c1-3-5-17-26(4-2)42-36(45)29(22-27-20-21-31(46-27)28-18-12-19-30(38)33(28)39)35(44)41-37(42)47-23-32(43)40-34(24-13-8-6-9-14-24)25-15-10-7-11-16-25/h3-22,34H,1,23H2,2H3,(H,40,43)/b17-5-,26-4+,29-22-. The van der Waals surface area contributed by atoms with Crippen molar-refractivity contribution in [1.82, 2.24) is 10.2 Å². The molecule has 0 spiro atoms. The first-order valence-electron chi connectivity index (χ1n) is 14.5. The monoisotopic (exact) mass is 681 g/mol. The van der Waals surface area contributed by atoms with Gasteiger partial charge in [0.15, 0.2) is 5.17 Å². The summed E-state index contributed by atoms with van der Waals surface area (Å²) in [7, 11) is 0. The number of hydrogen-bond acceptors (Lipinski definition) is 5. The molecule has 236 valence electrons. The summed E-state index contributed by atoms with van der Waals surface area (Å²) in [4.78, 5) is 46.1. The molecular formula is C37H29Cl2N3O4S. The fourth-order valence-corrected chi connectivity index (χ4v) is 6.01. The van der Waals surface area contributed by atoms with Crippen LogP contribution in [-0.4, -0.2) is 33.5 Å². The molecule has 0 aliphatic carbocycles. The van der Waals surface area contributed by atoms with Crippen LogP contribution in [0.1, 0.15) is 29.9 Å². The summed E-state index contributed by atoms with van der Waals surface area (Å²) >= 11 is 13.5. The van der Waals surface area contributed by atoms with Crippen molar-refractivity contribution in [1.29, 1.82) is 0 Å². The van der Waals surface area contributed by atoms with Gasteiger partial charge in [-0.15, -0.1) is 0 Å². The van der Waals surface area contributed by atoms with Crippen LogP contribution in [0.3, 0.4) is 0 Å². The number of thioether (sulfide) groups is 1. The van der Waals surface area contributed by atoms with E-state index in [4.69, 9.17) is 27.6 Å². The molecule has 3 amide bonds. The number of allylic oxidation sites excluding steroid dienone is 4. The van der Waals surface area contributed by atoms with Crippen molar-refractivity contribution in [2.24, 2.45) is 4.99 Å². The van der Waals surface area contributed by atoms with Crippen LogP contribution in [-0.2, 0) is 14.4 Å². The summed E-state index contributed by atoms with van der Waals surface area (Å²) in [5.74, 6) is -1.13. The Balaban J connectivity index is 1.41. The van der Waals surface area contributed by atoms with Crippen LogP contribution in [0.4, 0.5) is 0 Å². The van der Waals surface area contributed by atoms with Gasteiger partial charge in [0, 0.05) is 11.3 Å². The number of furan rings is 1. The predicted molar refractivity (Wildman–Crippen MR) is 190 cm³/mol. The number of rotatable bonds is 10. The summed E-state index contributed by atoms with van der Waals surface area (Å²) in [6, 6.07) is 27.3. The first kappa shape index (κ1) is 33.5. The molecular weight excluding hydrogens is 653 g/mol. The fourth-order valence-electron chi connectivity index (χ4n) is 4.80. The Morgan fingerprint density at radius 3 is 2.30 bits per heavy atom. The highest BCUT2D eigenvalue weighted by Gasteiger charge is 2.35. The summed E-state index contributed by atoms with van der Waals surface area (Å²) < 4.78 is 5.92. The van der Waals surface area contributed by atoms with Gasteiger partial charge in [0.05, 0.1) is 21.8 Å². The van der Waals surface area contributed by atoms with Gasteiger partial charge < -0.3 is 9.73 Å². The fraction of sp³-hybridized carbons (Fsp3) is 0.0811. The number of benzene rings is 3. The minimum atomic E-state index is -0.762. The Morgan fingerprint density at radius 2 is 1.66 bits per heavy atom. The van der Waals surface area contributed by atoms with Crippen molar-refractivity contribution in [3.05, 3.63) is 160 Å². The molecule has 0 saturated heterocycles. The van der Waals surface area contributed by atoms with Crippen molar-refractivity contribution in [2.45, 2.75) is 13.0 Å². The maximum Gasteiger partial charge on any atom is 0.285 e. The lowest BCUT2D eigenvalue weighted by atomic mass is 9.99. The van der Waals surface area contributed by atoms with Gasteiger partial charge in [-0.2, -0.15) is 4.99 Å². The molecule has 1 aromatic heterocycles. The van der Waals surface area contributed by atoms with Gasteiger partial charge in [-0.05, 0) is 54.5 Å². The van der Waals surface area contributed by atoms with Crippen LogP contribution in [0.5, 0.6) is 0 Å². The number of carbonyl (C=O) groups excluding carboxylic acids is 3. The van der Waals surface area contributed by atoms with Crippen LogP contribution in [0.25, 0.3) is 17.4 Å². The van der Waals surface area contributed by atoms with E-state index < -0.39 is 17.9 Å². The minimum absolute atomic E-state index is 0.0657. The van der Waals surface area contributed by atoms with Crippen molar-refractivity contribution in [3.8, 4) is 11.3 Å². The number of amides is 3. The molecule has 1 aliphatic rings. The quantitative estimate of drug-likeness (QED) is 0.103. The Hall–Kier alpha value is -4.89. The molecule has 10 heteroatoms. The molecule has 1 N–H and O–H groups in total. The molecule has 0 saturated carbocycles. The van der Waals surface area contributed by atoms with E-state index in [-0.39, 0.29) is 28.2 Å². The zero-order valence-electron chi connectivity index (χ0n) is 25.2. The highest BCUT2D eigenvalue weighted by atomic mass is 35.5. The Morgan fingerprint density at radius 1 is 0.979 bits per heavy atom.